The summed E-state index contributed by atoms with van der Waals surface area (Å²) >= 11 is 1.65. The van der Waals surface area contributed by atoms with E-state index < -0.39 is 12.0 Å². The van der Waals surface area contributed by atoms with Gasteiger partial charge in [-0.25, -0.2) is 0 Å². The maximum absolute atomic E-state index is 10.5. The molecule has 3 N–H and O–H groups in total. The third kappa shape index (κ3) is 3.87. The van der Waals surface area contributed by atoms with E-state index in [0.717, 1.165) is 5.75 Å². The standard InChI is InChI=1S/C12H17NO2S/c1-8-3-4-10(7-9(8)2)16-6-5-11(13)12(14)15/h3-4,7,11H,5-6,13H2,1-2H3,(H,14,15). The molecular weight excluding hydrogens is 222 g/mol. The average Bonchev–Trinajstić information content (AvgIpc) is 2.23. The van der Waals surface area contributed by atoms with Gasteiger partial charge in [0.15, 0.2) is 0 Å². The van der Waals surface area contributed by atoms with E-state index in [9.17, 15) is 4.79 Å². The van der Waals surface area contributed by atoms with Crippen LogP contribution < -0.4 is 5.73 Å². The summed E-state index contributed by atoms with van der Waals surface area (Å²) in [6.45, 7) is 4.15. The summed E-state index contributed by atoms with van der Waals surface area (Å²) in [7, 11) is 0. The van der Waals surface area contributed by atoms with Crippen LogP contribution in [0.25, 0.3) is 0 Å². The number of carbonyl (C=O) groups is 1. The molecule has 88 valence electrons. The molecule has 0 aliphatic carbocycles. The Labute approximate surface area is 100 Å². The quantitative estimate of drug-likeness (QED) is 0.773. The minimum Gasteiger partial charge on any atom is -0.480 e. The first kappa shape index (κ1) is 13.1. The predicted octanol–water partition coefficient (Wildman–Crippen LogP) is 2.20. The van der Waals surface area contributed by atoms with Gasteiger partial charge < -0.3 is 10.8 Å². The lowest BCUT2D eigenvalue weighted by molar-refractivity contribution is -0.138. The second kappa shape index (κ2) is 5.92. The first-order valence-corrected chi connectivity index (χ1v) is 6.17. The van der Waals surface area contributed by atoms with Gasteiger partial charge in [0.05, 0.1) is 0 Å². The lowest BCUT2D eigenvalue weighted by atomic mass is 10.1. The highest BCUT2D eigenvalue weighted by Crippen LogP contribution is 2.21. The zero-order valence-corrected chi connectivity index (χ0v) is 10.4. The zero-order valence-electron chi connectivity index (χ0n) is 9.56. The molecule has 0 bridgehead atoms. The van der Waals surface area contributed by atoms with Gasteiger partial charge in [0.2, 0.25) is 0 Å². The molecule has 0 aliphatic heterocycles. The molecule has 1 atom stereocenters. The van der Waals surface area contributed by atoms with Gasteiger partial charge >= 0.3 is 5.97 Å². The van der Waals surface area contributed by atoms with Crippen molar-refractivity contribution in [1.82, 2.24) is 0 Å². The number of nitrogens with two attached hydrogens (primary N) is 1. The van der Waals surface area contributed by atoms with Crippen molar-refractivity contribution in [1.29, 1.82) is 0 Å². The van der Waals surface area contributed by atoms with Crippen molar-refractivity contribution in [2.75, 3.05) is 5.75 Å². The highest BCUT2D eigenvalue weighted by atomic mass is 32.2. The molecule has 0 fully saturated rings. The molecule has 0 spiro atoms. The molecular formula is C12H17NO2S. The fourth-order valence-electron chi connectivity index (χ4n) is 1.23. The first-order chi connectivity index (χ1) is 7.50. The van der Waals surface area contributed by atoms with Crippen LogP contribution in [-0.4, -0.2) is 22.9 Å². The second-order valence-corrected chi connectivity index (χ2v) is 5.00. The van der Waals surface area contributed by atoms with Crippen molar-refractivity contribution in [2.24, 2.45) is 5.73 Å². The van der Waals surface area contributed by atoms with E-state index in [1.807, 2.05) is 0 Å². The van der Waals surface area contributed by atoms with Crippen LogP contribution in [0.3, 0.4) is 0 Å². The lowest BCUT2D eigenvalue weighted by Crippen LogP contribution is -2.30. The largest absolute Gasteiger partial charge is 0.480 e. The summed E-state index contributed by atoms with van der Waals surface area (Å²) < 4.78 is 0. The maximum Gasteiger partial charge on any atom is 0.320 e. The number of benzene rings is 1. The molecule has 1 rings (SSSR count). The number of aryl methyl sites for hydroxylation is 2. The number of thioether (sulfide) groups is 1. The van der Waals surface area contributed by atoms with E-state index in [4.69, 9.17) is 10.8 Å². The monoisotopic (exact) mass is 239 g/mol. The zero-order chi connectivity index (χ0) is 12.1. The summed E-state index contributed by atoms with van der Waals surface area (Å²) in [5, 5.41) is 8.63. The Morgan fingerprint density at radius 2 is 2.12 bits per heavy atom. The minimum atomic E-state index is -0.930. The molecule has 4 heteroatoms. The third-order valence-electron chi connectivity index (χ3n) is 2.49. The van der Waals surface area contributed by atoms with Crippen molar-refractivity contribution in [2.45, 2.75) is 31.2 Å². The summed E-state index contributed by atoms with van der Waals surface area (Å²) in [5.74, 6) is -0.198. The molecule has 0 amide bonds. The number of carboxylic acids is 1. The highest BCUT2D eigenvalue weighted by Gasteiger charge is 2.10. The number of rotatable bonds is 5. The predicted molar refractivity (Wildman–Crippen MR) is 66.9 cm³/mol. The first-order valence-electron chi connectivity index (χ1n) is 5.19. The van der Waals surface area contributed by atoms with E-state index in [-0.39, 0.29) is 0 Å². The van der Waals surface area contributed by atoms with Crippen molar-refractivity contribution < 1.29 is 9.90 Å². The van der Waals surface area contributed by atoms with Gasteiger partial charge in [0.25, 0.3) is 0 Å². The molecule has 0 aromatic heterocycles. The molecule has 0 heterocycles. The summed E-state index contributed by atoms with van der Waals surface area (Å²) in [6, 6.07) is 5.50. The van der Waals surface area contributed by atoms with Gasteiger partial charge in [-0.1, -0.05) is 6.07 Å². The molecule has 1 unspecified atom stereocenters. The normalized spacial score (nSPS) is 12.4. The fraction of sp³-hybridized carbons (Fsp3) is 0.417. The Kier molecular flexibility index (Phi) is 4.83. The van der Waals surface area contributed by atoms with Crippen molar-refractivity contribution in [3.63, 3.8) is 0 Å². The van der Waals surface area contributed by atoms with Crippen LogP contribution in [0.5, 0.6) is 0 Å². The van der Waals surface area contributed by atoms with Crippen molar-refractivity contribution in [3.8, 4) is 0 Å². The highest BCUT2D eigenvalue weighted by molar-refractivity contribution is 7.99. The van der Waals surface area contributed by atoms with E-state index in [0.29, 0.717) is 6.42 Å². The average molecular weight is 239 g/mol. The smallest absolute Gasteiger partial charge is 0.320 e. The number of aliphatic carboxylic acids is 1. The Hall–Kier alpha value is -1.00. The second-order valence-electron chi connectivity index (χ2n) is 3.83. The van der Waals surface area contributed by atoms with Gasteiger partial charge in [-0.3, -0.25) is 4.79 Å². The molecule has 3 nitrogen and oxygen atoms in total. The summed E-state index contributed by atoms with van der Waals surface area (Å²) in [6.07, 6.45) is 0.493. The van der Waals surface area contributed by atoms with Gasteiger partial charge in [0, 0.05) is 10.6 Å². The molecule has 0 saturated heterocycles. The number of hydrogen-bond donors (Lipinski definition) is 2. The maximum atomic E-state index is 10.5. The Morgan fingerprint density at radius 1 is 1.44 bits per heavy atom. The fourth-order valence-corrected chi connectivity index (χ4v) is 2.26. The van der Waals surface area contributed by atoms with Crippen molar-refractivity contribution >= 4 is 17.7 Å². The molecule has 0 saturated carbocycles. The van der Waals surface area contributed by atoms with Gasteiger partial charge in [-0.2, -0.15) is 0 Å². The summed E-state index contributed by atoms with van der Waals surface area (Å²) in [5.41, 5.74) is 7.95. The Balaban J connectivity index is 2.43. The van der Waals surface area contributed by atoms with Crippen LogP contribution in [-0.2, 0) is 4.79 Å². The summed E-state index contributed by atoms with van der Waals surface area (Å²) in [4.78, 5) is 11.7. The molecule has 0 radical (unpaired) electrons. The van der Waals surface area contributed by atoms with Crippen LogP contribution >= 0.6 is 11.8 Å². The van der Waals surface area contributed by atoms with E-state index in [1.54, 1.807) is 11.8 Å². The van der Waals surface area contributed by atoms with E-state index in [2.05, 4.69) is 32.0 Å². The molecule has 1 aromatic carbocycles. The minimum absolute atomic E-state index is 0.493. The van der Waals surface area contributed by atoms with Crippen LogP contribution in [0, 0.1) is 13.8 Å². The third-order valence-corrected chi connectivity index (χ3v) is 3.52. The van der Waals surface area contributed by atoms with Crippen LogP contribution in [0.4, 0.5) is 0 Å². The molecule has 1 aromatic rings. The molecule has 16 heavy (non-hydrogen) atoms. The van der Waals surface area contributed by atoms with Gasteiger partial charge in [0.1, 0.15) is 6.04 Å². The van der Waals surface area contributed by atoms with Crippen molar-refractivity contribution in [3.05, 3.63) is 29.3 Å². The SMILES string of the molecule is Cc1ccc(SCCC(N)C(=O)O)cc1C. The van der Waals surface area contributed by atoms with Gasteiger partial charge in [-0.15, -0.1) is 11.8 Å². The molecule has 0 aliphatic rings. The van der Waals surface area contributed by atoms with Gasteiger partial charge in [-0.05, 0) is 43.5 Å². The topological polar surface area (TPSA) is 63.3 Å². The Bertz CT molecular complexity index is 379. The lowest BCUT2D eigenvalue weighted by Gasteiger charge is -2.07. The van der Waals surface area contributed by atoms with E-state index >= 15 is 0 Å². The number of hydrogen-bond acceptors (Lipinski definition) is 3. The number of carboxylic acid groups (broad SMARTS) is 1. The van der Waals surface area contributed by atoms with E-state index in [1.165, 1.54) is 16.0 Å². The Morgan fingerprint density at radius 3 is 2.69 bits per heavy atom. The van der Waals surface area contributed by atoms with Crippen LogP contribution in [0.15, 0.2) is 23.1 Å². The van der Waals surface area contributed by atoms with Crippen LogP contribution in [0.2, 0.25) is 0 Å². The van der Waals surface area contributed by atoms with Crippen LogP contribution in [0.1, 0.15) is 17.5 Å².